The predicted molar refractivity (Wildman–Crippen MR) is 75.8 cm³/mol. The van der Waals surface area contributed by atoms with Crippen LogP contribution in [0.5, 0.6) is 0 Å². The molecule has 0 fully saturated rings. The number of carbonyl (C=O) groups is 3. The Labute approximate surface area is 123 Å². The summed E-state index contributed by atoms with van der Waals surface area (Å²) in [7, 11) is 0. The second-order valence-electron chi connectivity index (χ2n) is 4.81. The Kier molecular flexibility index (Phi) is 5.90. The van der Waals surface area contributed by atoms with Gasteiger partial charge in [-0.15, -0.1) is 0 Å². The maximum absolute atomic E-state index is 11.6. The summed E-state index contributed by atoms with van der Waals surface area (Å²) in [6, 6.07) is 4.61. The molecule has 0 bridgehead atoms. The van der Waals surface area contributed by atoms with E-state index in [2.05, 4.69) is 10.1 Å². The molecule has 1 aromatic carbocycles. The van der Waals surface area contributed by atoms with Crippen molar-refractivity contribution in [3.8, 4) is 0 Å². The van der Waals surface area contributed by atoms with Crippen LogP contribution >= 0.6 is 0 Å². The van der Waals surface area contributed by atoms with Crippen LogP contribution in [-0.4, -0.2) is 35.6 Å². The highest BCUT2D eigenvalue weighted by atomic mass is 16.5. The lowest BCUT2D eigenvalue weighted by Crippen LogP contribution is -2.44. The Hall–Kier alpha value is -2.37. The van der Waals surface area contributed by atoms with Crippen LogP contribution in [0.15, 0.2) is 18.2 Å². The van der Waals surface area contributed by atoms with E-state index in [9.17, 15) is 19.5 Å². The van der Waals surface area contributed by atoms with E-state index in [1.807, 2.05) is 32.0 Å². The van der Waals surface area contributed by atoms with Crippen LogP contribution < -0.4 is 5.32 Å². The number of aryl methyl sites for hydroxylation is 2. The number of carboxylic acids is 1. The maximum Gasteiger partial charge on any atom is 0.326 e. The average molecular weight is 293 g/mol. The Morgan fingerprint density at radius 3 is 2.29 bits per heavy atom. The molecule has 6 heteroatoms. The normalized spacial score (nSPS) is 11.6. The van der Waals surface area contributed by atoms with Gasteiger partial charge in [0.15, 0.2) is 6.61 Å². The second-order valence-corrected chi connectivity index (χ2v) is 4.81. The summed E-state index contributed by atoms with van der Waals surface area (Å²) in [5, 5.41) is 11.6. The van der Waals surface area contributed by atoms with Gasteiger partial charge < -0.3 is 15.2 Å². The van der Waals surface area contributed by atoms with Crippen molar-refractivity contribution in [1.29, 1.82) is 0 Å². The van der Waals surface area contributed by atoms with Gasteiger partial charge in [0, 0.05) is 13.3 Å². The molecule has 1 atom stereocenters. The van der Waals surface area contributed by atoms with Gasteiger partial charge in [-0.1, -0.05) is 18.2 Å². The number of esters is 1. The molecule has 0 spiro atoms. The largest absolute Gasteiger partial charge is 0.480 e. The SMILES string of the molecule is CC(=O)OCC(=O)N[C@@H](Cc1c(C)cccc1C)C(=O)O. The van der Waals surface area contributed by atoms with Crippen molar-refractivity contribution in [1.82, 2.24) is 5.32 Å². The number of rotatable bonds is 6. The molecule has 0 aliphatic heterocycles. The fourth-order valence-corrected chi connectivity index (χ4v) is 1.98. The first-order valence-corrected chi connectivity index (χ1v) is 6.52. The fourth-order valence-electron chi connectivity index (χ4n) is 1.98. The summed E-state index contributed by atoms with van der Waals surface area (Å²) in [4.78, 5) is 33.5. The molecule has 0 saturated heterocycles. The summed E-state index contributed by atoms with van der Waals surface area (Å²) >= 11 is 0. The number of hydrogen-bond donors (Lipinski definition) is 2. The zero-order valence-corrected chi connectivity index (χ0v) is 12.3. The number of amides is 1. The van der Waals surface area contributed by atoms with Crippen molar-refractivity contribution in [2.75, 3.05) is 6.61 Å². The first kappa shape index (κ1) is 16.7. The van der Waals surface area contributed by atoms with Gasteiger partial charge in [0.2, 0.25) is 0 Å². The number of ether oxygens (including phenoxy) is 1. The van der Waals surface area contributed by atoms with Crippen molar-refractivity contribution in [2.24, 2.45) is 0 Å². The lowest BCUT2D eigenvalue weighted by molar-refractivity contribution is -0.148. The van der Waals surface area contributed by atoms with E-state index in [4.69, 9.17) is 0 Å². The minimum atomic E-state index is -1.13. The molecule has 2 N–H and O–H groups in total. The third-order valence-corrected chi connectivity index (χ3v) is 3.09. The molecule has 0 radical (unpaired) electrons. The van der Waals surface area contributed by atoms with E-state index >= 15 is 0 Å². The Balaban J connectivity index is 2.77. The summed E-state index contributed by atoms with van der Waals surface area (Å²) in [6.45, 7) is 4.48. The van der Waals surface area contributed by atoms with E-state index < -0.39 is 30.5 Å². The molecule has 0 aromatic heterocycles. The third-order valence-electron chi connectivity index (χ3n) is 3.09. The summed E-state index contributed by atoms with van der Waals surface area (Å²) in [5.74, 6) is -2.36. The van der Waals surface area contributed by atoms with Crippen molar-refractivity contribution in [3.63, 3.8) is 0 Å². The molecule has 1 aromatic rings. The highest BCUT2D eigenvalue weighted by Gasteiger charge is 2.22. The molecule has 0 aliphatic carbocycles. The van der Waals surface area contributed by atoms with Crippen molar-refractivity contribution >= 4 is 17.8 Å². The number of hydrogen-bond acceptors (Lipinski definition) is 4. The number of carbonyl (C=O) groups excluding carboxylic acids is 2. The maximum atomic E-state index is 11.6. The van der Waals surface area contributed by atoms with Crippen molar-refractivity contribution in [3.05, 3.63) is 34.9 Å². The Morgan fingerprint density at radius 1 is 1.24 bits per heavy atom. The molecule has 1 rings (SSSR count). The van der Waals surface area contributed by atoms with E-state index in [0.717, 1.165) is 16.7 Å². The van der Waals surface area contributed by atoms with Crippen molar-refractivity contribution in [2.45, 2.75) is 33.2 Å². The van der Waals surface area contributed by atoms with Gasteiger partial charge in [-0.3, -0.25) is 9.59 Å². The van der Waals surface area contributed by atoms with Gasteiger partial charge in [-0.25, -0.2) is 4.79 Å². The molecule has 1 amide bonds. The van der Waals surface area contributed by atoms with Crippen molar-refractivity contribution < 1.29 is 24.2 Å². The molecule has 6 nitrogen and oxygen atoms in total. The van der Waals surface area contributed by atoms with Gasteiger partial charge in [-0.2, -0.15) is 0 Å². The molecule has 21 heavy (non-hydrogen) atoms. The summed E-state index contributed by atoms with van der Waals surface area (Å²) in [5.41, 5.74) is 2.82. The lowest BCUT2D eigenvalue weighted by Gasteiger charge is -2.17. The van der Waals surface area contributed by atoms with Crippen LogP contribution in [0.1, 0.15) is 23.6 Å². The quantitative estimate of drug-likeness (QED) is 0.763. The predicted octanol–water partition coefficient (Wildman–Crippen LogP) is 0.978. The topological polar surface area (TPSA) is 92.7 Å². The van der Waals surface area contributed by atoms with Crippen LogP contribution in [-0.2, 0) is 25.5 Å². The molecule has 0 aliphatic rings. The Morgan fingerprint density at radius 2 is 1.81 bits per heavy atom. The number of carboxylic acid groups (broad SMARTS) is 1. The number of benzene rings is 1. The van der Waals surface area contributed by atoms with Crippen LogP contribution in [0.4, 0.5) is 0 Å². The van der Waals surface area contributed by atoms with Crippen LogP contribution in [0.3, 0.4) is 0 Å². The van der Waals surface area contributed by atoms with Gasteiger partial charge in [0.1, 0.15) is 6.04 Å². The molecule has 0 heterocycles. The summed E-state index contributed by atoms with van der Waals surface area (Å²) in [6.07, 6.45) is 0.180. The van der Waals surface area contributed by atoms with E-state index in [1.165, 1.54) is 6.92 Å². The summed E-state index contributed by atoms with van der Waals surface area (Å²) < 4.78 is 4.54. The van der Waals surface area contributed by atoms with Gasteiger partial charge in [-0.05, 0) is 30.5 Å². The first-order chi connectivity index (χ1) is 9.81. The molecule has 114 valence electrons. The number of nitrogens with one attached hydrogen (secondary N) is 1. The highest BCUT2D eigenvalue weighted by molar-refractivity contribution is 5.85. The van der Waals surface area contributed by atoms with Crippen LogP contribution in [0.2, 0.25) is 0 Å². The highest BCUT2D eigenvalue weighted by Crippen LogP contribution is 2.15. The van der Waals surface area contributed by atoms with Gasteiger partial charge in [0.05, 0.1) is 0 Å². The molecular weight excluding hydrogens is 274 g/mol. The van der Waals surface area contributed by atoms with Crippen LogP contribution in [0, 0.1) is 13.8 Å². The van der Waals surface area contributed by atoms with Crippen LogP contribution in [0.25, 0.3) is 0 Å². The fraction of sp³-hybridized carbons (Fsp3) is 0.400. The second kappa shape index (κ2) is 7.42. The van der Waals surface area contributed by atoms with E-state index in [1.54, 1.807) is 0 Å². The van der Waals surface area contributed by atoms with E-state index in [-0.39, 0.29) is 6.42 Å². The minimum absolute atomic E-state index is 0.180. The standard InChI is InChI=1S/C15H19NO5/c1-9-5-4-6-10(2)12(9)7-13(15(19)20)16-14(18)8-21-11(3)17/h4-6,13H,7-8H2,1-3H3,(H,16,18)(H,19,20)/t13-/m0/s1. The average Bonchev–Trinajstić information content (AvgIpc) is 2.39. The zero-order chi connectivity index (χ0) is 16.0. The van der Waals surface area contributed by atoms with E-state index in [0.29, 0.717) is 0 Å². The molecule has 0 unspecified atom stereocenters. The smallest absolute Gasteiger partial charge is 0.326 e. The zero-order valence-electron chi connectivity index (χ0n) is 12.3. The lowest BCUT2D eigenvalue weighted by atomic mass is 9.96. The molecule has 0 saturated carbocycles. The minimum Gasteiger partial charge on any atom is -0.480 e. The molecular formula is C15H19NO5. The van der Waals surface area contributed by atoms with Gasteiger partial charge in [0.25, 0.3) is 5.91 Å². The first-order valence-electron chi connectivity index (χ1n) is 6.52. The monoisotopic (exact) mass is 293 g/mol. The Bertz CT molecular complexity index is 533. The third kappa shape index (κ3) is 5.25. The van der Waals surface area contributed by atoms with Gasteiger partial charge >= 0.3 is 11.9 Å². The number of aliphatic carboxylic acids is 1.